The van der Waals surface area contributed by atoms with Crippen molar-refractivity contribution < 1.29 is 18.7 Å². The van der Waals surface area contributed by atoms with Gasteiger partial charge in [-0.2, -0.15) is 9.97 Å². The zero-order chi connectivity index (χ0) is 30.7. The SMILES string of the molecule is Cc1ccc(Nc2nc(N3CCOCC3)c3c(C(=O)NNC(=O)C(C)c4ccc(CC(C)C)cc4)c(C)oc3n2)cc1Cl. The third-order valence-electron chi connectivity index (χ3n) is 7.49. The number of rotatable bonds is 8. The summed E-state index contributed by atoms with van der Waals surface area (Å²) >= 11 is 6.32. The number of morpholine rings is 1. The molecule has 11 heteroatoms. The maximum absolute atomic E-state index is 13.5. The van der Waals surface area contributed by atoms with Gasteiger partial charge in [0.05, 0.1) is 30.1 Å². The zero-order valence-electron chi connectivity index (χ0n) is 25.1. The van der Waals surface area contributed by atoms with Crippen LogP contribution in [0, 0.1) is 19.8 Å². The van der Waals surface area contributed by atoms with E-state index in [2.05, 4.69) is 35.0 Å². The van der Waals surface area contributed by atoms with Gasteiger partial charge in [-0.1, -0.05) is 55.8 Å². The quantitative estimate of drug-likeness (QED) is 0.215. The molecule has 0 aliphatic carbocycles. The van der Waals surface area contributed by atoms with Crippen molar-refractivity contribution in [3.63, 3.8) is 0 Å². The van der Waals surface area contributed by atoms with Crippen LogP contribution in [-0.2, 0) is 16.0 Å². The fourth-order valence-electron chi connectivity index (χ4n) is 5.08. The summed E-state index contributed by atoms with van der Waals surface area (Å²) in [5.41, 5.74) is 9.42. The zero-order valence-corrected chi connectivity index (χ0v) is 25.8. The van der Waals surface area contributed by atoms with Gasteiger partial charge in [0.25, 0.3) is 5.91 Å². The number of hydrogen-bond acceptors (Lipinski definition) is 8. The number of carbonyl (C=O) groups excluding carboxylic acids is 2. The smallest absolute Gasteiger partial charge is 0.274 e. The average Bonchev–Trinajstić information content (AvgIpc) is 3.33. The van der Waals surface area contributed by atoms with Crippen LogP contribution in [0.2, 0.25) is 5.02 Å². The van der Waals surface area contributed by atoms with Gasteiger partial charge < -0.3 is 19.4 Å². The topological polar surface area (TPSA) is 122 Å². The second kappa shape index (κ2) is 13.0. The molecule has 0 spiro atoms. The van der Waals surface area contributed by atoms with Crippen molar-refractivity contribution in [3.05, 3.63) is 75.5 Å². The molecule has 1 aliphatic rings. The van der Waals surface area contributed by atoms with Crippen LogP contribution >= 0.6 is 11.6 Å². The highest BCUT2D eigenvalue weighted by Gasteiger charge is 2.28. The van der Waals surface area contributed by atoms with Crippen molar-refractivity contribution in [1.82, 2.24) is 20.8 Å². The fraction of sp³-hybridized carbons (Fsp3) is 0.375. The first-order chi connectivity index (χ1) is 20.6. The number of hydrogen-bond donors (Lipinski definition) is 3. The second-order valence-electron chi connectivity index (χ2n) is 11.3. The molecule has 2 amide bonds. The number of anilines is 3. The summed E-state index contributed by atoms with van der Waals surface area (Å²) in [5, 5.41) is 4.28. The van der Waals surface area contributed by atoms with Crippen molar-refractivity contribution in [2.75, 3.05) is 36.5 Å². The number of fused-ring (bicyclic) bond motifs is 1. The summed E-state index contributed by atoms with van der Waals surface area (Å²) in [6.07, 6.45) is 0.975. The van der Waals surface area contributed by atoms with Crippen molar-refractivity contribution in [2.45, 2.75) is 47.0 Å². The Labute approximate surface area is 256 Å². The lowest BCUT2D eigenvalue weighted by molar-refractivity contribution is -0.123. The minimum absolute atomic E-state index is 0.251. The number of halogens is 1. The third-order valence-corrected chi connectivity index (χ3v) is 7.90. The molecule has 0 saturated carbocycles. The van der Waals surface area contributed by atoms with Crippen molar-refractivity contribution in [2.24, 2.45) is 5.92 Å². The lowest BCUT2D eigenvalue weighted by Gasteiger charge is -2.28. The second-order valence-corrected chi connectivity index (χ2v) is 11.7. The Bertz CT molecular complexity index is 1630. The van der Waals surface area contributed by atoms with Crippen LogP contribution in [0.25, 0.3) is 11.1 Å². The number of furan rings is 1. The predicted molar refractivity (Wildman–Crippen MR) is 168 cm³/mol. The fourth-order valence-corrected chi connectivity index (χ4v) is 5.26. The summed E-state index contributed by atoms with van der Waals surface area (Å²) in [6, 6.07) is 13.6. The van der Waals surface area contributed by atoms with Crippen LogP contribution < -0.4 is 21.1 Å². The van der Waals surface area contributed by atoms with Gasteiger partial charge >= 0.3 is 0 Å². The lowest BCUT2D eigenvalue weighted by Crippen LogP contribution is -2.43. The first-order valence-electron chi connectivity index (χ1n) is 14.5. The van der Waals surface area contributed by atoms with Crippen molar-refractivity contribution in [3.8, 4) is 0 Å². The van der Waals surface area contributed by atoms with E-state index in [1.165, 1.54) is 5.56 Å². The molecular formula is C32H37ClN6O4. The average molecular weight is 605 g/mol. The number of amides is 2. The standard InChI is InChI=1S/C32H37ClN6O4/c1-18(2)16-22-7-9-23(10-8-22)20(4)29(40)37-38-30(41)26-21(5)43-31-27(26)28(39-12-14-42-15-13-39)35-32(36-31)34-24-11-6-19(3)25(33)17-24/h6-11,17-18,20H,12-16H2,1-5H3,(H,37,40)(H,38,41)(H,34,35,36). The highest BCUT2D eigenvalue weighted by molar-refractivity contribution is 6.31. The molecule has 3 heterocycles. The van der Waals surface area contributed by atoms with Crippen molar-refractivity contribution in [1.29, 1.82) is 0 Å². The van der Waals surface area contributed by atoms with Gasteiger partial charge in [0.1, 0.15) is 11.6 Å². The molecule has 10 nitrogen and oxygen atoms in total. The predicted octanol–water partition coefficient (Wildman–Crippen LogP) is 5.84. The van der Waals surface area contributed by atoms with Crippen LogP contribution in [0.3, 0.4) is 0 Å². The Morgan fingerprint density at radius 3 is 2.40 bits per heavy atom. The van der Waals surface area contributed by atoms with E-state index in [0.29, 0.717) is 60.2 Å². The third kappa shape index (κ3) is 6.92. The summed E-state index contributed by atoms with van der Waals surface area (Å²) < 4.78 is 11.5. The number of nitrogens with zero attached hydrogens (tertiary/aromatic N) is 3. The van der Waals surface area contributed by atoms with Gasteiger partial charge in [-0.3, -0.25) is 20.4 Å². The molecule has 2 aromatic heterocycles. The summed E-state index contributed by atoms with van der Waals surface area (Å²) in [7, 11) is 0. The van der Waals surface area contributed by atoms with Crippen LogP contribution in [0.15, 0.2) is 46.9 Å². The van der Waals surface area contributed by atoms with E-state index in [9.17, 15) is 9.59 Å². The maximum Gasteiger partial charge on any atom is 0.274 e. The number of ether oxygens (including phenoxy) is 1. The number of carbonyl (C=O) groups is 2. The van der Waals surface area contributed by atoms with Crippen molar-refractivity contribution >= 4 is 52.0 Å². The Balaban J connectivity index is 1.39. The highest BCUT2D eigenvalue weighted by Crippen LogP contribution is 2.34. The lowest BCUT2D eigenvalue weighted by atomic mass is 9.96. The van der Waals surface area contributed by atoms with E-state index < -0.39 is 11.8 Å². The first-order valence-corrected chi connectivity index (χ1v) is 14.8. The molecule has 1 aliphatic heterocycles. The number of aromatic nitrogens is 2. The van der Waals surface area contributed by atoms with Gasteiger partial charge in [0, 0.05) is 23.8 Å². The minimum Gasteiger partial charge on any atom is -0.442 e. The van der Waals surface area contributed by atoms with E-state index in [-0.39, 0.29) is 17.2 Å². The van der Waals surface area contributed by atoms with E-state index in [1.807, 2.05) is 48.2 Å². The van der Waals surface area contributed by atoms with Crippen LogP contribution in [0.1, 0.15) is 59.5 Å². The molecule has 1 saturated heterocycles. The summed E-state index contributed by atoms with van der Waals surface area (Å²) in [4.78, 5) is 37.9. The molecule has 4 aromatic rings. The molecule has 2 aromatic carbocycles. The van der Waals surface area contributed by atoms with Crippen LogP contribution in [-0.4, -0.2) is 48.1 Å². The molecule has 3 N–H and O–H groups in total. The van der Waals surface area contributed by atoms with Crippen LogP contribution in [0.4, 0.5) is 17.5 Å². The van der Waals surface area contributed by atoms with Gasteiger partial charge in [0.2, 0.25) is 17.6 Å². The first kappa shape index (κ1) is 30.3. The van der Waals surface area contributed by atoms with Gasteiger partial charge in [-0.15, -0.1) is 0 Å². The number of benzene rings is 2. The Morgan fingerprint density at radius 2 is 1.72 bits per heavy atom. The number of hydrazine groups is 1. The molecule has 1 unspecified atom stereocenters. The molecule has 0 radical (unpaired) electrons. The molecule has 5 rings (SSSR count). The highest BCUT2D eigenvalue weighted by atomic mass is 35.5. The Morgan fingerprint density at radius 1 is 1.00 bits per heavy atom. The summed E-state index contributed by atoms with van der Waals surface area (Å²) in [6.45, 7) is 12.0. The van der Waals surface area contributed by atoms with Gasteiger partial charge in [0.15, 0.2) is 0 Å². The van der Waals surface area contributed by atoms with Gasteiger partial charge in [-0.25, -0.2) is 0 Å². The number of aryl methyl sites for hydroxylation is 2. The largest absolute Gasteiger partial charge is 0.442 e. The summed E-state index contributed by atoms with van der Waals surface area (Å²) in [5.74, 6) is 0.431. The Kier molecular flexibility index (Phi) is 9.17. The molecule has 1 fully saturated rings. The van der Waals surface area contributed by atoms with E-state index in [4.69, 9.17) is 25.7 Å². The molecule has 1 atom stereocenters. The number of nitrogens with one attached hydrogen (secondary N) is 3. The molecule has 43 heavy (non-hydrogen) atoms. The van der Waals surface area contributed by atoms with E-state index in [1.54, 1.807) is 19.9 Å². The van der Waals surface area contributed by atoms with Gasteiger partial charge in [-0.05, 0) is 61.9 Å². The van der Waals surface area contributed by atoms with E-state index >= 15 is 0 Å². The normalized spacial score (nSPS) is 14.2. The minimum atomic E-state index is -0.520. The van der Waals surface area contributed by atoms with Crippen LogP contribution in [0.5, 0.6) is 0 Å². The maximum atomic E-state index is 13.5. The molecular weight excluding hydrogens is 568 g/mol. The molecule has 226 valence electrons. The Hall–Kier alpha value is -4.15. The molecule has 0 bridgehead atoms. The monoisotopic (exact) mass is 604 g/mol. The van der Waals surface area contributed by atoms with E-state index in [0.717, 1.165) is 23.2 Å².